The number of hydrogen-bond acceptors (Lipinski definition) is 4. The molecule has 0 unspecified atom stereocenters. The van der Waals surface area contributed by atoms with Gasteiger partial charge in [0.15, 0.2) is 0 Å². The number of hydrogen-bond donors (Lipinski definition) is 4. The second-order valence-electron chi connectivity index (χ2n) is 10.3. The van der Waals surface area contributed by atoms with Crippen LogP contribution in [0.2, 0.25) is 28.7 Å². The summed E-state index contributed by atoms with van der Waals surface area (Å²) in [6, 6.07) is 15.6. The van der Waals surface area contributed by atoms with E-state index >= 15 is 0 Å². The molecule has 10 heteroatoms. The summed E-state index contributed by atoms with van der Waals surface area (Å²) in [5, 5.41) is 13.1. The molecule has 1 amide bonds. The van der Waals surface area contributed by atoms with E-state index in [-0.39, 0.29) is 0 Å². The number of rotatable bonds is 8. The van der Waals surface area contributed by atoms with Gasteiger partial charge in [-0.2, -0.15) is 0 Å². The maximum atomic E-state index is 12.0. The summed E-state index contributed by atoms with van der Waals surface area (Å²) in [5.74, 6) is 0.378. The van der Waals surface area contributed by atoms with Gasteiger partial charge in [0, 0.05) is 45.6 Å². The maximum Gasteiger partial charge on any atom is 0.413 e. The van der Waals surface area contributed by atoms with Gasteiger partial charge in [-0.1, -0.05) is 61.1 Å². The number of ether oxygens (including phenoxy) is 1. The summed E-state index contributed by atoms with van der Waals surface area (Å²) in [6.07, 6.45) is 0.127. The SMILES string of the molecule is C=C(NCCc1cc(NCc2ccc(Cl)c(Cl)c2)cc2c1[nH]c1ccc(Cl)cc12)NC(=O)OC(C)(C)C.C[B]C. The van der Waals surface area contributed by atoms with Crippen molar-refractivity contribution in [2.24, 2.45) is 0 Å². The van der Waals surface area contributed by atoms with Crippen molar-refractivity contribution in [3.8, 4) is 0 Å². The molecule has 0 atom stereocenters. The zero-order valence-corrected chi connectivity index (χ0v) is 25.7. The number of amides is 1. The van der Waals surface area contributed by atoms with E-state index in [1.54, 1.807) is 6.07 Å². The molecule has 0 saturated heterocycles. The second kappa shape index (κ2) is 14.1. The highest BCUT2D eigenvalue weighted by Gasteiger charge is 2.16. The minimum atomic E-state index is -0.584. The Morgan fingerprint density at radius 1 is 1.00 bits per heavy atom. The predicted octanol–water partition coefficient (Wildman–Crippen LogP) is 8.81. The van der Waals surface area contributed by atoms with E-state index in [1.807, 2.05) is 72.0 Å². The van der Waals surface area contributed by atoms with Crippen LogP contribution in [0.1, 0.15) is 31.9 Å². The van der Waals surface area contributed by atoms with Crippen LogP contribution in [0.4, 0.5) is 10.5 Å². The zero-order valence-electron chi connectivity index (χ0n) is 23.5. The molecule has 0 fully saturated rings. The largest absolute Gasteiger partial charge is 0.444 e. The fourth-order valence-electron chi connectivity index (χ4n) is 4.02. The van der Waals surface area contributed by atoms with Gasteiger partial charge in [0.05, 0.1) is 10.0 Å². The van der Waals surface area contributed by atoms with Crippen molar-refractivity contribution in [2.45, 2.75) is 53.0 Å². The van der Waals surface area contributed by atoms with Crippen molar-refractivity contribution in [3.05, 3.63) is 87.1 Å². The van der Waals surface area contributed by atoms with Gasteiger partial charge in [-0.25, -0.2) is 4.79 Å². The number of aromatic nitrogens is 1. The number of fused-ring (bicyclic) bond motifs is 3. The van der Waals surface area contributed by atoms with E-state index in [1.165, 1.54) is 0 Å². The average Bonchev–Trinajstić information content (AvgIpc) is 3.22. The Labute approximate surface area is 252 Å². The number of benzene rings is 3. The Kier molecular flexibility index (Phi) is 11.1. The molecule has 40 heavy (non-hydrogen) atoms. The van der Waals surface area contributed by atoms with Gasteiger partial charge in [0.2, 0.25) is 0 Å². The molecule has 1 radical (unpaired) electrons. The van der Waals surface area contributed by atoms with Crippen LogP contribution in [0.25, 0.3) is 21.8 Å². The van der Waals surface area contributed by atoms with Crippen LogP contribution in [0, 0.1) is 0 Å². The minimum Gasteiger partial charge on any atom is -0.444 e. The van der Waals surface area contributed by atoms with Crippen molar-refractivity contribution in [2.75, 3.05) is 11.9 Å². The lowest BCUT2D eigenvalue weighted by molar-refractivity contribution is 0.0542. The third-order valence-electron chi connectivity index (χ3n) is 5.62. The number of carbonyl (C=O) groups excluding carboxylic acids is 1. The van der Waals surface area contributed by atoms with Gasteiger partial charge in [0.1, 0.15) is 18.7 Å². The van der Waals surface area contributed by atoms with E-state index in [9.17, 15) is 4.79 Å². The summed E-state index contributed by atoms with van der Waals surface area (Å²) in [7, 11) is 2.00. The average molecular weight is 601 g/mol. The highest BCUT2D eigenvalue weighted by atomic mass is 35.5. The highest BCUT2D eigenvalue weighted by Crippen LogP contribution is 2.33. The molecule has 0 aliphatic heterocycles. The van der Waals surface area contributed by atoms with Gasteiger partial charge >= 0.3 is 6.09 Å². The molecule has 4 rings (SSSR count). The number of aromatic amines is 1. The van der Waals surface area contributed by atoms with Gasteiger partial charge in [-0.3, -0.25) is 5.32 Å². The molecular formula is C30H35BCl3N4O2. The second-order valence-corrected chi connectivity index (χ2v) is 11.6. The quantitative estimate of drug-likeness (QED) is 0.152. The van der Waals surface area contributed by atoms with Crippen LogP contribution >= 0.6 is 34.8 Å². The van der Waals surface area contributed by atoms with Crippen LogP contribution < -0.4 is 16.0 Å². The molecule has 4 aromatic rings. The zero-order chi connectivity index (χ0) is 29.4. The number of carbonyl (C=O) groups is 1. The van der Waals surface area contributed by atoms with Crippen LogP contribution in [0.15, 0.2) is 60.9 Å². The van der Waals surface area contributed by atoms with E-state index < -0.39 is 11.7 Å². The normalized spacial score (nSPS) is 11.0. The molecule has 211 valence electrons. The maximum absolute atomic E-state index is 12.0. The standard InChI is InChI=1S/C28H29Cl3N4O2.C2H6B/c1-16(34-27(36)37-28(2,3)4)32-10-9-18-12-20(33-15-17-5-7-23(30)24(31)11-17)14-22-21-13-19(29)6-8-25(21)35-26(18)22;1-3-2/h5-8,11-14,32-33,35H,1,9-10,15H2,2-4H3,(H,34,36);1-2H3. The Morgan fingerprint density at radius 2 is 1.73 bits per heavy atom. The van der Waals surface area contributed by atoms with Crippen molar-refractivity contribution >= 4 is 75.7 Å². The summed E-state index contributed by atoms with van der Waals surface area (Å²) in [4.78, 5) is 15.5. The van der Waals surface area contributed by atoms with E-state index in [4.69, 9.17) is 39.5 Å². The summed E-state index contributed by atoms with van der Waals surface area (Å²) in [5.41, 5.74) is 4.53. The number of nitrogens with one attached hydrogen (secondary N) is 4. The lowest BCUT2D eigenvalue weighted by atomic mass is 9.88. The Bertz CT molecular complexity index is 1500. The van der Waals surface area contributed by atoms with Gasteiger partial charge in [0.25, 0.3) is 0 Å². The third-order valence-corrected chi connectivity index (χ3v) is 6.59. The summed E-state index contributed by atoms with van der Waals surface area (Å²) < 4.78 is 5.28. The number of halogens is 3. The van der Waals surface area contributed by atoms with Crippen molar-refractivity contribution in [1.29, 1.82) is 0 Å². The monoisotopic (exact) mass is 599 g/mol. The van der Waals surface area contributed by atoms with Gasteiger partial charge in [-0.05, 0) is 80.8 Å². The summed E-state index contributed by atoms with van der Waals surface area (Å²) in [6.45, 7) is 14.4. The molecule has 0 aliphatic carbocycles. The first kappa shape index (κ1) is 31.5. The molecule has 0 bridgehead atoms. The fraction of sp³-hybridized carbons (Fsp3) is 0.300. The Balaban J connectivity index is 0.00000141. The van der Waals surface area contributed by atoms with Crippen molar-refractivity contribution in [3.63, 3.8) is 0 Å². The fourth-order valence-corrected chi connectivity index (χ4v) is 4.51. The minimum absolute atomic E-state index is 0.378. The van der Waals surface area contributed by atoms with E-state index in [0.29, 0.717) is 40.4 Å². The Morgan fingerprint density at radius 3 is 2.40 bits per heavy atom. The number of H-pyrrole nitrogens is 1. The molecule has 1 aromatic heterocycles. The predicted molar refractivity (Wildman–Crippen MR) is 172 cm³/mol. The third kappa shape index (κ3) is 9.02. The molecule has 4 N–H and O–H groups in total. The first-order valence-corrected chi connectivity index (χ1v) is 14.1. The molecule has 3 aromatic carbocycles. The molecule has 0 aliphatic rings. The lowest BCUT2D eigenvalue weighted by Crippen LogP contribution is -2.36. The molecule has 6 nitrogen and oxygen atoms in total. The van der Waals surface area contributed by atoms with E-state index in [0.717, 1.165) is 38.6 Å². The van der Waals surface area contributed by atoms with E-state index in [2.05, 4.69) is 39.6 Å². The molecule has 1 heterocycles. The molecule has 0 spiro atoms. The van der Waals surface area contributed by atoms with Crippen LogP contribution in [0.3, 0.4) is 0 Å². The van der Waals surface area contributed by atoms with Crippen molar-refractivity contribution < 1.29 is 9.53 Å². The van der Waals surface area contributed by atoms with Crippen LogP contribution in [-0.2, 0) is 17.7 Å². The topological polar surface area (TPSA) is 78.2 Å². The van der Waals surface area contributed by atoms with Gasteiger partial charge < -0.3 is 20.4 Å². The summed E-state index contributed by atoms with van der Waals surface area (Å²) >= 11 is 18.6. The molecule has 0 saturated carbocycles. The van der Waals surface area contributed by atoms with Crippen LogP contribution in [-0.4, -0.2) is 30.5 Å². The number of alkyl carbamates (subject to hydrolysis) is 1. The molecular weight excluding hydrogens is 566 g/mol. The van der Waals surface area contributed by atoms with Gasteiger partial charge in [-0.15, -0.1) is 0 Å². The van der Waals surface area contributed by atoms with Crippen LogP contribution in [0.5, 0.6) is 0 Å². The van der Waals surface area contributed by atoms with Crippen molar-refractivity contribution in [1.82, 2.24) is 15.6 Å². The highest BCUT2D eigenvalue weighted by molar-refractivity contribution is 6.42. The smallest absolute Gasteiger partial charge is 0.413 e. The lowest BCUT2D eigenvalue weighted by Gasteiger charge is -2.20. The first-order valence-electron chi connectivity index (χ1n) is 13.0. The number of anilines is 1. The Hall–Kier alpha value is -3.00. The first-order chi connectivity index (χ1) is 18.9.